The minimum absolute atomic E-state index is 0.217. The smallest absolute Gasteiger partial charge is 0.258 e. The zero-order valence-electron chi connectivity index (χ0n) is 14.6. The third kappa shape index (κ3) is 3.83. The lowest BCUT2D eigenvalue weighted by Gasteiger charge is -2.24. The van der Waals surface area contributed by atoms with Crippen LogP contribution in [0.25, 0.3) is 0 Å². The molecule has 1 unspecified atom stereocenters. The molecule has 1 fully saturated rings. The van der Waals surface area contributed by atoms with Crippen LogP contribution >= 0.6 is 11.6 Å². The van der Waals surface area contributed by atoms with Crippen molar-refractivity contribution in [3.05, 3.63) is 46.3 Å². The maximum absolute atomic E-state index is 13.0. The van der Waals surface area contributed by atoms with E-state index < -0.39 is 6.04 Å². The van der Waals surface area contributed by atoms with Crippen LogP contribution in [-0.2, 0) is 11.3 Å². The summed E-state index contributed by atoms with van der Waals surface area (Å²) in [4.78, 5) is 27.1. The molecule has 7 nitrogen and oxygen atoms in total. The van der Waals surface area contributed by atoms with Gasteiger partial charge in [0.05, 0.1) is 24.9 Å². The molecule has 2 aromatic rings. The summed E-state index contributed by atoms with van der Waals surface area (Å²) in [6, 6.07) is 6.09. The topological polar surface area (TPSA) is 84.7 Å². The van der Waals surface area contributed by atoms with E-state index in [-0.39, 0.29) is 18.4 Å². The fourth-order valence-electron chi connectivity index (χ4n) is 3.08. The molecule has 8 heteroatoms. The number of rotatable bonds is 5. The highest BCUT2D eigenvalue weighted by atomic mass is 35.5. The van der Waals surface area contributed by atoms with Gasteiger partial charge < -0.3 is 19.5 Å². The number of hydrogen-bond donors (Lipinski definition) is 1. The molecule has 0 aliphatic carbocycles. The van der Waals surface area contributed by atoms with Gasteiger partial charge in [-0.3, -0.25) is 9.59 Å². The van der Waals surface area contributed by atoms with Gasteiger partial charge in [-0.15, -0.1) is 0 Å². The molecule has 0 radical (unpaired) electrons. The Kier molecular flexibility index (Phi) is 5.46. The minimum Gasteiger partial charge on any atom is -0.496 e. The number of aromatic nitrogens is 1. The van der Waals surface area contributed by atoms with E-state index in [0.29, 0.717) is 35.1 Å². The number of likely N-dealkylation sites (tertiary alicyclic amines) is 1. The Morgan fingerprint density at radius 1 is 1.42 bits per heavy atom. The van der Waals surface area contributed by atoms with Crippen LogP contribution in [0.5, 0.6) is 5.75 Å². The van der Waals surface area contributed by atoms with Gasteiger partial charge in [-0.2, -0.15) is 0 Å². The van der Waals surface area contributed by atoms with Gasteiger partial charge in [-0.25, -0.2) is 0 Å². The number of halogens is 1. The van der Waals surface area contributed by atoms with E-state index in [2.05, 4.69) is 10.5 Å². The number of methoxy groups -OCH3 is 1. The van der Waals surface area contributed by atoms with Gasteiger partial charge in [-0.05, 0) is 38.0 Å². The van der Waals surface area contributed by atoms with E-state index in [9.17, 15) is 9.59 Å². The lowest BCUT2D eigenvalue weighted by Crippen LogP contribution is -2.45. The molecule has 0 bridgehead atoms. The predicted molar refractivity (Wildman–Crippen MR) is 95.1 cm³/mol. The molecule has 0 saturated carbocycles. The Hall–Kier alpha value is -2.54. The quantitative estimate of drug-likeness (QED) is 0.865. The Morgan fingerprint density at radius 3 is 2.92 bits per heavy atom. The van der Waals surface area contributed by atoms with Crippen molar-refractivity contribution in [3.8, 4) is 5.75 Å². The molecular formula is C18H20ClN3O4. The van der Waals surface area contributed by atoms with Crippen molar-refractivity contribution in [2.75, 3.05) is 13.7 Å². The summed E-state index contributed by atoms with van der Waals surface area (Å²) in [5.74, 6) is 0.522. The van der Waals surface area contributed by atoms with Crippen molar-refractivity contribution >= 4 is 23.4 Å². The second-order valence-electron chi connectivity index (χ2n) is 6.15. The average molecular weight is 378 g/mol. The van der Waals surface area contributed by atoms with Gasteiger partial charge in [0.2, 0.25) is 5.91 Å². The summed E-state index contributed by atoms with van der Waals surface area (Å²) >= 11 is 6.02. The van der Waals surface area contributed by atoms with E-state index in [0.717, 1.165) is 12.1 Å². The maximum atomic E-state index is 13.0. The van der Waals surface area contributed by atoms with Crippen LogP contribution < -0.4 is 10.1 Å². The highest BCUT2D eigenvalue weighted by Gasteiger charge is 2.35. The van der Waals surface area contributed by atoms with Gasteiger partial charge in [0.15, 0.2) is 5.76 Å². The SMILES string of the molecule is COc1ccc(Cl)cc1C(=O)N1CCCC1C(=O)NCc1cc(C)no1. The van der Waals surface area contributed by atoms with E-state index in [1.54, 1.807) is 29.2 Å². The highest BCUT2D eigenvalue weighted by molar-refractivity contribution is 6.31. The van der Waals surface area contributed by atoms with Gasteiger partial charge in [0, 0.05) is 17.6 Å². The largest absolute Gasteiger partial charge is 0.496 e. The molecular weight excluding hydrogens is 358 g/mol. The van der Waals surface area contributed by atoms with Crippen LogP contribution in [0.1, 0.15) is 34.7 Å². The van der Waals surface area contributed by atoms with Crippen LogP contribution in [0.2, 0.25) is 5.02 Å². The first-order valence-corrected chi connectivity index (χ1v) is 8.72. The van der Waals surface area contributed by atoms with E-state index in [1.165, 1.54) is 7.11 Å². The van der Waals surface area contributed by atoms with Crippen LogP contribution in [-0.4, -0.2) is 41.6 Å². The average Bonchev–Trinajstić information content (AvgIpc) is 3.28. The number of ether oxygens (including phenoxy) is 1. The third-order valence-electron chi connectivity index (χ3n) is 4.32. The summed E-state index contributed by atoms with van der Waals surface area (Å²) in [6.45, 7) is 2.55. The Balaban J connectivity index is 1.72. The Morgan fingerprint density at radius 2 is 2.23 bits per heavy atom. The monoisotopic (exact) mass is 377 g/mol. The van der Waals surface area contributed by atoms with Gasteiger partial charge in [0.25, 0.3) is 5.91 Å². The summed E-state index contributed by atoms with van der Waals surface area (Å²) in [7, 11) is 1.49. The lowest BCUT2D eigenvalue weighted by molar-refractivity contribution is -0.125. The number of aryl methyl sites for hydroxylation is 1. The number of nitrogens with zero attached hydrogens (tertiary/aromatic N) is 2. The van der Waals surface area contributed by atoms with Crippen molar-refractivity contribution in [1.29, 1.82) is 0 Å². The van der Waals surface area contributed by atoms with Crippen LogP contribution in [0.4, 0.5) is 0 Å². The number of nitrogens with one attached hydrogen (secondary N) is 1. The first kappa shape index (κ1) is 18.3. The van der Waals surface area contributed by atoms with E-state index >= 15 is 0 Å². The predicted octanol–water partition coefficient (Wildman–Crippen LogP) is 2.57. The summed E-state index contributed by atoms with van der Waals surface area (Å²) in [5.41, 5.74) is 1.10. The zero-order chi connectivity index (χ0) is 18.7. The number of carbonyl (C=O) groups excluding carboxylic acids is 2. The second-order valence-corrected chi connectivity index (χ2v) is 6.59. The van der Waals surface area contributed by atoms with Gasteiger partial charge in [0.1, 0.15) is 11.8 Å². The summed E-state index contributed by atoms with van der Waals surface area (Å²) in [5, 5.41) is 7.03. The molecule has 1 atom stereocenters. The molecule has 1 aliphatic rings. The molecule has 2 heterocycles. The molecule has 3 rings (SSSR count). The molecule has 0 spiro atoms. The minimum atomic E-state index is -0.532. The molecule has 1 aromatic heterocycles. The fraction of sp³-hybridized carbons (Fsp3) is 0.389. The molecule has 138 valence electrons. The molecule has 1 N–H and O–H groups in total. The first-order chi connectivity index (χ1) is 12.5. The van der Waals surface area contributed by atoms with Crippen molar-refractivity contribution in [1.82, 2.24) is 15.4 Å². The van der Waals surface area contributed by atoms with Gasteiger partial charge in [-0.1, -0.05) is 16.8 Å². The van der Waals surface area contributed by atoms with E-state index in [4.69, 9.17) is 20.9 Å². The standard InChI is InChI=1S/C18H20ClN3O4/c1-11-8-13(26-21-11)10-20-17(23)15-4-3-7-22(15)18(24)14-9-12(19)5-6-16(14)25-2/h5-6,8-9,15H,3-4,7,10H2,1-2H3,(H,20,23). The number of benzene rings is 1. The summed E-state index contributed by atoms with van der Waals surface area (Å²) in [6.07, 6.45) is 1.37. The van der Waals surface area contributed by atoms with Crippen molar-refractivity contribution < 1.29 is 18.8 Å². The third-order valence-corrected chi connectivity index (χ3v) is 4.56. The van der Waals surface area contributed by atoms with E-state index in [1.807, 2.05) is 6.92 Å². The first-order valence-electron chi connectivity index (χ1n) is 8.34. The summed E-state index contributed by atoms with van der Waals surface area (Å²) < 4.78 is 10.3. The molecule has 26 heavy (non-hydrogen) atoms. The normalized spacial score (nSPS) is 16.6. The lowest BCUT2D eigenvalue weighted by atomic mass is 10.1. The van der Waals surface area contributed by atoms with Crippen LogP contribution in [0, 0.1) is 6.92 Å². The van der Waals surface area contributed by atoms with Crippen LogP contribution in [0.3, 0.4) is 0 Å². The van der Waals surface area contributed by atoms with Crippen molar-refractivity contribution in [2.24, 2.45) is 0 Å². The molecule has 1 saturated heterocycles. The highest BCUT2D eigenvalue weighted by Crippen LogP contribution is 2.27. The van der Waals surface area contributed by atoms with Crippen molar-refractivity contribution in [2.45, 2.75) is 32.4 Å². The van der Waals surface area contributed by atoms with Crippen molar-refractivity contribution in [3.63, 3.8) is 0 Å². The molecule has 2 amide bonds. The Bertz CT molecular complexity index is 821. The number of hydrogen-bond acceptors (Lipinski definition) is 5. The van der Waals surface area contributed by atoms with Gasteiger partial charge >= 0.3 is 0 Å². The fourth-order valence-corrected chi connectivity index (χ4v) is 3.25. The zero-order valence-corrected chi connectivity index (χ0v) is 15.4. The second kappa shape index (κ2) is 7.78. The number of amides is 2. The molecule has 1 aromatic carbocycles. The Labute approximate surface area is 156 Å². The maximum Gasteiger partial charge on any atom is 0.258 e. The number of carbonyl (C=O) groups is 2. The van der Waals surface area contributed by atoms with Crippen LogP contribution in [0.15, 0.2) is 28.8 Å². The molecule has 1 aliphatic heterocycles.